The Morgan fingerprint density at radius 3 is 2.48 bits per heavy atom. The minimum atomic E-state index is -1.04. The molecule has 5 nitrogen and oxygen atoms in total. The Morgan fingerprint density at radius 1 is 1.33 bits per heavy atom. The van der Waals surface area contributed by atoms with Crippen molar-refractivity contribution in [2.45, 2.75) is 46.3 Å². The van der Waals surface area contributed by atoms with Crippen molar-refractivity contribution in [3.8, 4) is 5.75 Å². The van der Waals surface area contributed by atoms with Crippen LogP contribution in [0.25, 0.3) is 0 Å². The van der Waals surface area contributed by atoms with Gasteiger partial charge in [-0.2, -0.15) is 0 Å². The Morgan fingerprint density at radius 2 is 2.00 bits per heavy atom. The third kappa shape index (κ3) is 4.77. The number of carbonyl (C=O) groups is 2. The van der Waals surface area contributed by atoms with Gasteiger partial charge in [-0.15, -0.1) is 0 Å². The third-order valence-corrected chi connectivity index (χ3v) is 2.96. The molecule has 1 N–H and O–H groups in total. The van der Waals surface area contributed by atoms with Gasteiger partial charge in [0.1, 0.15) is 5.75 Å². The maximum Gasteiger partial charge on any atom is 0.331 e. The zero-order valence-corrected chi connectivity index (χ0v) is 13.0. The van der Waals surface area contributed by atoms with Crippen molar-refractivity contribution in [2.24, 2.45) is 0 Å². The average Bonchev–Trinajstić information content (AvgIpc) is 2.37. The second-order valence-electron chi connectivity index (χ2n) is 5.19. The molecule has 0 spiro atoms. The molecule has 1 amide bonds. The van der Waals surface area contributed by atoms with E-state index in [0.29, 0.717) is 24.3 Å². The fourth-order valence-electron chi connectivity index (χ4n) is 2.20. The summed E-state index contributed by atoms with van der Waals surface area (Å²) < 4.78 is 5.59. The van der Waals surface area contributed by atoms with Gasteiger partial charge in [0.15, 0.2) is 6.04 Å². The van der Waals surface area contributed by atoms with Crippen LogP contribution in [0.5, 0.6) is 5.75 Å². The lowest BCUT2D eigenvalue weighted by molar-refractivity contribution is -0.149. The van der Waals surface area contributed by atoms with Crippen LogP contribution in [0.2, 0.25) is 0 Å². The molecule has 21 heavy (non-hydrogen) atoms. The van der Waals surface area contributed by atoms with E-state index in [9.17, 15) is 14.7 Å². The average molecular weight is 293 g/mol. The molecule has 0 aromatic heterocycles. The first-order valence-electron chi connectivity index (χ1n) is 7.13. The standard InChI is InChI=1S/C16H23NO4/c1-5-9-17(12(4)18)15(16(19)20)13-7-6-8-14(10-13)21-11(2)3/h6-8,10-11,15H,5,9H2,1-4H3,(H,19,20). The molecule has 0 aliphatic carbocycles. The van der Waals surface area contributed by atoms with Gasteiger partial charge >= 0.3 is 5.97 Å². The maximum absolute atomic E-state index is 11.7. The van der Waals surface area contributed by atoms with Gasteiger partial charge in [0, 0.05) is 13.5 Å². The van der Waals surface area contributed by atoms with Gasteiger partial charge in [-0.05, 0) is 38.0 Å². The largest absolute Gasteiger partial charge is 0.491 e. The first-order chi connectivity index (χ1) is 9.86. The lowest BCUT2D eigenvalue weighted by atomic mass is 10.0. The van der Waals surface area contributed by atoms with Crippen LogP contribution in [0.3, 0.4) is 0 Å². The van der Waals surface area contributed by atoms with Crippen molar-refractivity contribution in [3.63, 3.8) is 0 Å². The van der Waals surface area contributed by atoms with Crippen LogP contribution in [-0.4, -0.2) is 34.5 Å². The second-order valence-corrected chi connectivity index (χ2v) is 5.19. The number of rotatable bonds is 7. The molecular formula is C16H23NO4. The monoisotopic (exact) mass is 293 g/mol. The number of carboxylic acid groups (broad SMARTS) is 1. The van der Waals surface area contributed by atoms with Crippen LogP contribution < -0.4 is 4.74 Å². The topological polar surface area (TPSA) is 66.8 Å². The lowest BCUT2D eigenvalue weighted by Crippen LogP contribution is -2.38. The highest BCUT2D eigenvalue weighted by Crippen LogP contribution is 2.25. The molecule has 5 heteroatoms. The minimum Gasteiger partial charge on any atom is -0.491 e. The van der Waals surface area contributed by atoms with Crippen molar-refractivity contribution < 1.29 is 19.4 Å². The van der Waals surface area contributed by atoms with Crippen molar-refractivity contribution in [1.29, 1.82) is 0 Å². The quantitative estimate of drug-likeness (QED) is 0.839. The van der Waals surface area contributed by atoms with Crippen LogP contribution in [0.15, 0.2) is 24.3 Å². The summed E-state index contributed by atoms with van der Waals surface area (Å²) in [6.45, 7) is 7.51. The Bertz CT molecular complexity index is 499. The molecule has 116 valence electrons. The number of nitrogens with zero attached hydrogens (tertiary/aromatic N) is 1. The molecule has 1 aromatic rings. The highest BCUT2D eigenvalue weighted by molar-refractivity contribution is 5.83. The van der Waals surface area contributed by atoms with Crippen LogP contribution in [0, 0.1) is 0 Å². The predicted octanol–water partition coefficient (Wildman–Crippen LogP) is 2.86. The van der Waals surface area contributed by atoms with Crippen molar-refractivity contribution in [2.75, 3.05) is 6.54 Å². The van der Waals surface area contributed by atoms with Crippen LogP contribution in [0.4, 0.5) is 0 Å². The fraction of sp³-hybridized carbons (Fsp3) is 0.500. The van der Waals surface area contributed by atoms with Crippen LogP contribution >= 0.6 is 0 Å². The van der Waals surface area contributed by atoms with Crippen LogP contribution in [-0.2, 0) is 9.59 Å². The number of carboxylic acids is 1. The summed E-state index contributed by atoms with van der Waals surface area (Å²) in [5, 5.41) is 9.51. The number of aliphatic carboxylic acids is 1. The molecule has 1 unspecified atom stereocenters. The zero-order valence-electron chi connectivity index (χ0n) is 13.0. The van der Waals surface area contributed by atoms with E-state index in [-0.39, 0.29) is 12.0 Å². The lowest BCUT2D eigenvalue weighted by Gasteiger charge is -2.28. The van der Waals surface area contributed by atoms with Gasteiger partial charge in [-0.3, -0.25) is 4.79 Å². The molecule has 1 atom stereocenters. The number of amides is 1. The van der Waals surface area contributed by atoms with E-state index in [4.69, 9.17) is 4.74 Å². The van der Waals surface area contributed by atoms with Gasteiger partial charge in [0.2, 0.25) is 5.91 Å². The summed E-state index contributed by atoms with van der Waals surface area (Å²) in [6.07, 6.45) is 0.703. The Hall–Kier alpha value is -2.04. The molecule has 0 aliphatic heterocycles. The van der Waals surface area contributed by atoms with E-state index in [1.165, 1.54) is 11.8 Å². The number of ether oxygens (including phenoxy) is 1. The molecule has 0 bridgehead atoms. The maximum atomic E-state index is 11.7. The van der Waals surface area contributed by atoms with E-state index in [0.717, 1.165) is 0 Å². The van der Waals surface area contributed by atoms with Crippen LogP contribution in [0.1, 0.15) is 45.7 Å². The predicted molar refractivity (Wildman–Crippen MR) is 80.3 cm³/mol. The van der Waals surface area contributed by atoms with E-state index >= 15 is 0 Å². The molecular weight excluding hydrogens is 270 g/mol. The summed E-state index contributed by atoms with van der Waals surface area (Å²) in [5.74, 6) is -0.687. The van der Waals surface area contributed by atoms with Gasteiger partial charge in [-0.25, -0.2) is 4.79 Å². The summed E-state index contributed by atoms with van der Waals surface area (Å²) in [7, 11) is 0. The molecule has 0 saturated heterocycles. The molecule has 0 heterocycles. The molecule has 0 fully saturated rings. The molecule has 0 saturated carbocycles. The summed E-state index contributed by atoms with van der Waals surface area (Å²) in [6, 6.07) is 5.92. The molecule has 0 aliphatic rings. The molecule has 1 aromatic carbocycles. The number of hydrogen-bond donors (Lipinski definition) is 1. The summed E-state index contributed by atoms with van der Waals surface area (Å²) >= 11 is 0. The highest BCUT2D eigenvalue weighted by Gasteiger charge is 2.29. The normalized spacial score (nSPS) is 12.0. The smallest absolute Gasteiger partial charge is 0.331 e. The van der Waals surface area contributed by atoms with Gasteiger partial charge in [0.25, 0.3) is 0 Å². The third-order valence-electron chi connectivity index (χ3n) is 2.96. The van der Waals surface area contributed by atoms with Gasteiger partial charge in [-0.1, -0.05) is 19.1 Å². The summed E-state index contributed by atoms with van der Waals surface area (Å²) in [5.41, 5.74) is 0.546. The SMILES string of the molecule is CCCN(C(C)=O)C(C(=O)O)c1cccc(OC(C)C)c1. The zero-order chi connectivity index (χ0) is 16.0. The second kappa shape index (κ2) is 7.67. The van der Waals surface area contributed by atoms with Gasteiger partial charge in [0.05, 0.1) is 6.10 Å². The van der Waals surface area contributed by atoms with Crippen molar-refractivity contribution in [1.82, 2.24) is 4.90 Å². The molecule has 1 rings (SSSR count). The van der Waals surface area contributed by atoms with E-state index in [1.54, 1.807) is 24.3 Å². The number of hydrogen-bond acceptors (Lipinski definition) is 3. The van der Waals surface area contributed by atoms with Crippen molar-refractivity contribution >= 4 is 11.9 Å². The highest BCUT2D eigenvalue weighted by atomic mass is 16.5. The Labute approximate surface area is 125 Å². The van der Waals surface area contributed by atoms with Crippen molar-refractivity contribution in [3.05, 3.63) is 29.8 Å². The first kappa shape index (κ1) is 17.0. The fourth-order valence-corrected chi connectivity index (χ4v) is 2.20. The summed E-state index contributed by atoms with van der Waals surface area (Å²) in [4.78, 5) is 24.7. The first-order valence-corrected chi connectivity index (χ1v) is 7.13. The Balaban J connectivity index is 3.15. The molecule has 0 radical (unpaired) electrons. The van der Waals surface area contributed by atoms with E-state index in [2.05, 4.69) is 0 Å². The van der Waals surface area contributed by atoms with E-state index in [1.807, 2.05) is 20.8 Å². The Kier molecular flexibility index (Phi) is 6.21. The number of benzene rings is 1. The van der Waals surface area contributed by atoms with Gasteiger partial charge < -0.3 is 14.7 Å². The minimum absolute atomic E-state index is 0.00285. The number of carbonyl (C=O) groups excluding carboxylic acids is 1. The van der Waals surface area contributed by atoms with E-state index < -0.39 is 12.0 Å².